The molecule has 0 aromatic rings. The maximum atomic E-state index is 14.1. The molecule has 8 saturated heterocycles. The summed E-state index contributed by atoms with van der Waals surface area (Å²) in [7, 11) is 0. The number of allylic oxidation sites excluding steroid dienone is 3. The summed E-state index contributed by atoms with van der Waals surface area (Å²) in [5.74, 6) is -5.28. The van der Waals surface area contributed by atoms with Crippen LogP contribution in [0.25, 0.3) is 0 Å². The Kier molecular flexibility index (Phi) is 11.6. The number of esters is 1. The van der Waals surface area contributed by atoms with Crippen molar-refractivity contribution in [2.75, 3.05) is 6.61 Å². The Labute approximate surface area is 360 Å². The molecule has 8 fully saturated rings. The number of hydrogen-bond acceptors (Lipinski definition) is 14. The van der Waals surface area contributed by atoms with Crippen LogP contribution in [0.1, 0.15) is 138 Å². The van der Waals surface area contributed by atoms with Gasteiger partial charge in [-0.3, -0.25) is 9.59 Å². The third-order valence-electron chi connectivity index (χ3n) is 15.9. The number of Topliss-reactive ketones (excluding diaryl/α,β-unsaturated/α-hetero) is 1. The molecule has 342 valence electrons. The highest BCUT2D eigenvalue weighted by Gasteiger charge is 2.65. The molecule has 0 radical (unpaired) electrons. The zero-order valence-electron chi connectivity index (χ0n) is 37.2. The zero-order chi connectivity index (χ0) is 43.3. The molecule has 9 rings (SSSR count). The molecule has 2 spiro atoms. The lowest BCUT2D eigenvalue weighted by atomic mass is 9.87. The molecular formula is C47H70O14. The zero-order valence-corrected chi connectivity index (χ0v) is 37.2. The van der Waals surface area contributed by atoms with E-state index in [1.165, 1.54) is 0 Å². The van der Waals surface area contributed by atoms with E-state index in [2.05, 4.69) is 26.8 Å². The Morgan fingerprint density at radius 1 is 0.754 bits per heavy atom. The number of ether oxygens (including phenoxy) is 9. The number of rotatable bonds is 1. The van der Waals surface area contributed by atoms with Gasteiger partial charge in [0.05, 0.1) is 42.0 Å². The number of ketones is 1. The number of hydrogen-bond donors (Lipinski definition) is 3. The van der Waals surface area contributed by atoms with Crippen molar-refractivity contribution in [3.8, 4) is 0 Å². The molecule has 19 atom stereocenters. The van der Waals surface area contributed by atoms with E-state index in [1.54, 1.807) is 13.8 Å². The van der Waals surface area contributed by atoms with Crippen LogP contribution in [0.2, 0.25) is 0 Å². The summed E-state index contributed by atoms with van der Waals surface area (Å²) in [6, 6.07) is 0. The Bertz CT molecular complexity index is 1750. The van der Waals surface area contributed by atoms with Gasteiger partial charge in [0.2, 0.25) is 5.79 Å². The predicted molar refractivity (Wildman–Crippen MR) is 218 cm³/mol. The van der Waals surface area contributed by atoms with Crippen LogP contribution >= 0.6 is 0 Å². The fourth-order valence-corrected chi connectivity index (χ4v) is 12.5. The van der Waals surface area contributed by atoms with E-state index in [4.69, 9.17) is 42.6 Å². The second-order valence-corrected chi connectivity index (χ2v) is 21.3. The van der Waals surface area contributed by atoms with E-state index in [1.807, 2.05) is 26.0 Å². The Morgan fingerprint density at radius 3 is 2.34 bits per heavy atom. The SMILES string of the molecule is CC1=C\[C@@H](C)C[C@]2(C)CC[C@H](O2)[C@]23CC[C@](C)(C[C@H](O2)C2O[C@@](C)(CC2=O)[C@H](O)[C@H]2CC[C@@]4(CCC[C@@H](O4)[C@H](C)C(=O)O[C@H]4CC([C@]5(O)OCC[C@H](C)[C@@H]5O)OC4\C=C\1)O2)O3. The fourth-order valence-electron chi connectivity index (χ4n) is 12.5. The van der Waals surface area contributed by atoms with Crippen LogP contribution in [0.15, 0.2) is 23.8 Å². The highest BCUT2D eigenvalue weighted by molar-refractivity contribution is 5.86. The van der Waals surface area contributed by atoms with Crippen molar-refractivity contribution in [1.29, 1.82) is 0 Å². The third-order valence-corrected chi connectivity index (χ3v) is 15.9. The van der Waals surface area contributed by atoms with E-state index >= 15 is 0 Å². The summed E-state index contributed by atoms with van der Waals surface area (Å²) >= 11 is 0. The summed E-state index contributed by atoms with van der Waals surface area (Å²) < 4.78 is 59.0. The minimum atomic E-state index is -1.95. The van der Waals surface area contributed by atoms with Crippen molar-refractivity contribution in [3.63, 3.8) is 0 Å². The van der Waals surface area contributed by atoms with E-state index < -0.39 is 101 Å². The highest BCUT2D eigenvalue weighted by atomic mass is 16.8. The smallest absolute Gasteiger partial charge is 0.311 e. The first-order chi connectivity index (χ1) is 28.7. The van der Waals surface area contributed by atoms with Gasteiger partial charge in [-0.2, -0.15) is 0 Å². The normalized spacial score (nSPS) is 55.7. The van der Waals surface area contributed by atoms with Crippen molar-refractivity contribution >= 4 is 11.8 Å². The van der Waals surface area contributed by atoms with Crippen LogP contribution < -0.4 is 0 Å². The summed E-state index contributed by atoms with van der Waals surface area (Å²) in [4.78, 5) is 28.0. The maximum absolute atomic E-state index is 14.1. The topological polar surface area (TPSA) is 178 Å². The second kappa shape index (κ2) is 16.0. The molecule has 9 aliphatic heterocycles. The maximum Gasteiger partial charge on any atom is 0.311 e. The average Bonchev–Trinajstić information content (AvgIpc) is 4.02. The van der Waals surface area contributed by atoms with E-state index in [9.17, 15) is 24.9 Å². The largest absolute Gasteiger partial charge is 0.459 e. The molecule has 9 aliphatic rings. The van der Waals surface area contributed by atoms with Gasteiger partial charge in [-0.05, 0) is 97.8 Å². The van der Waals surface area contributed by atoms with Crippen LogP contribution in [0.4, 0.5) is 0 Å². The van der Waals surface area contributed by atoms with Crippen LogP contribution in [-0.2, 0) is 52.2 Å². The van der Waals surface area contributed by atoms with E-state index in [0.717, 1.165) is 37.7 Å². The van der Waals surface area contributed by atoms with Crippen LogP contribution in [0.5, 0.6) is 0 Å². The molecule has 3 unspecified atom stereocenters. The quantitative estimate of drug-likeness (QED) is 0.291. The first-order valence-corrected chi connectivity index (χ1v) is 23.3. The van der Waals surface area contributed by atoms with Gasteiger partial charge in [0.15, 0.2) is 17.4 Å². The molecular weight excluding hydrogens is 789 g/mol. The van der Waals surface area contributed by atoms with Crippen molar-refractivity contribution in [3.05, 3.63) is 23.8 Å². The number of fused-ring (bicyclic) bond motifs is 10. The molecule has 9 heterocycles. The van der Waals surface area contributed by atoms with Crippen molar-refractivity contribution in [2.24, 2.45) is 17.8 Å². The van der Waals surface area contributed by atoms with Crippen LogP contribution in [0.3, 0.4) is 0 Å². The second-order valence-electron chi connectivity index (χ2n) is 21.3. The van der Waals surface area contributed by atoms with Crippen LogP contribution in [0, 0.1) is 17.8 Å². The molecule has 0 aromatic carbocycles. The lowest BCUT2D eigenvalue weighted by Gasteiger charge is -2.47. The standard InChI is InChI=1S/C47H70O14/c1-26-10-11-32-34(22-37(54-32)47(52)39(49)28(3)14-20-53-47)55-41(51)29(4)31-9-8-15-45(56-31)17-12-33(57-45)40(50)44(7)24-30(48)38(60-44)35-25-43(6)18-19-46(58-35,61-43)36-13-16-42(5,59-36)23-27(2)21-26/h10-11,21,27-29,31-40,49-50,52H,8-9,12-20,22-25H2,1-7H3/b11-10+,26-21+/t27-,28+,29+,31-,32?,33-,34+,35+,36+,37?,38?,39+,40-,42+,43-,44+,45-,46-,47+/m1/s1. The minimum absolute atomic E-state index is 0.0222. The predicted octanol–water partition coefficient (Wildman–Crippen LogP) is 5.25. The van der Waals surface area contributed by atoms with Gasteiger partial charge in [-0.25, -0.2) is 0 Å². The summed E-state index contributed by atoms with van der Waals surface area (Å²) in [6.45, 7) is 14.1. The minimum Gasteiger partial charge on any atom is -0.459 e. The van der Waals surface area contributed by atoms with Gasteiger partial charge in [0.1, 0.15) is 48.3 Å². The van der Waals surface area contributed by atoms with Gasteiger partial charge in [0, 0.05) is 38.5 Å². The number of carbonyl (C=O) groups excluding carboxylic acids is 2. The summed E-state index contributed by atoms with van der Waals surface area (Å²) in [6.07, 6.45) is 6.36. The molecule has 3 N–H and O–H groups in total. The fraction of sp³-hybridized carbons (Fsp3) is 0.872. The summed E-state index contributed by atoms with van der Waals surface area (Å²) in [5, 5.41) is 34.8. The van der Waals surface area contributed by atoms with Crippen molar-refractivity contribution in [2.45, 2.75) is 234 Å². The Hall–Kier alpha value is -1.82. The number of aliphatic hydroxyl groups is 3. The average molecular weight is 859 g/mol. The van der Waals surface area contributed by atoms with E-state index in [-0.39, 0.29) is 43.2 Å². The molecule has 0 amide bonds. The molecule has 0 aromatic heterocycles. The lowest BCUT2D eigenvalue weighted by molar-refractivity contribution is -0.359. The van der Waals surface area contributed by atoms with E-state index in [0.29, 0.717) is 44.9 Å². The molecule has 0 saturated carbocycles. The molecule has 10 bridgehead atoms. The Morgan fingerprint density at radius 2 is 1.54 bits per heavy atom. The summed E-state index contributed by atoms with van der Waals surface area (Å²) in [5.41, 5.74) is -1.17. The molecule has 14 heteroatoms. The van der Waals surface area contributed by atoms with Crippen molar-refractivity contribution < 1.29 is 67.5 Å². The third kappa shape index (κ3) is 8.14. The van der Waals surface area contributed by atoms with Gasteiger partial charge in [0.25, 0.3) is 0 Å². The lowest BCUT2D eigenvalue weighted by Crippen LogP contribution is -2.59. The Balaban J connectivity index is 1.00. The molecule has 61 heavy (non-hydrogen) atoms. The number of aliphatic hydroxyl groups excluding tert-OH is 2. The highest BCUT2D eigenvalue weighted by Crippen LogP contribution is 2.55. The monoisotopic (exact) mass is 858 g/mol. The van der Waals surface area contributed by atoms with Crippen molar-refractivity contribution in [1.82, 2.24) is 0 Å². The van der Waals surface area contributed by atoms with Gasteiger partial charge < -0.3 is 58.0 Å². The number of carbonyl (C=O) groups is 2. The molecule has 14 nitrogen and oxygen atoms in total. The first-order valence-electron chi connectivity index (χ1n) is 23.3. The first kappa shape index (κ1) is 44.4. The van der Waals surface area contributed by atoms with Gasteiger partial charge >= 0.3 is 5.97 Å². The van der Waals surface area contributed by atoms with Gasteiger partial charge in [-0.1, -0.05) is 37.6 Å². The van der Waals surface area contributed by atoms with Crippen LogP contribution in [-0.4, -0.2) is 129 Å². The molecule has 0 aliphatic carbocycles. The van der Waals surface area contributed by atoms with Gasteiger partial charge in [-0.15, -0.1) is 0 Å².